The first-order valence-electron chi connectivity index (χ1n) is 6.11. The van der Waals surface area contributed by atoms with E-state index >= 15 is 0 Å². The molecule has 0 amide bonds. The first-order chi connectivity index (χ1) is 9.31. The molecule has 1 fully saturated rings. The Morgan fingerprint density at radius 1 is 1.37 bits per heavy atom. The van der Waals surface area contributed by atoms with E-state index in [-0.39, 0.29) is 12.1 Å². The second-order valence-electron chi connectivity index (χ2n) is 4.29. The van der Waals surface area contributed by atoms with Crippen LogP contribution in [0.5, 0.6) is 0 Å². The van der Waals surface area contributed by atoms with Crippen LogP contribution in [0.1, 0.15) is 12.8 Å². The van der Waals surface area contributed by atoms with Crippen molar-refractivity contribution in [2.75, 3.05) is 5.75 Å². The van der Waals surface area contributed by atoms with Gasteiger partial charge in [-0.2, -0.15) is 0 Å². The summed E-state index contributed by atoms with van der Waals surface area (Å²) in [6, 6.07) is 9.84. The molecule has 2 aromatic rings. The van der Waals surface area contributed by atoms with Gasteiger partial charge in [0.25, 0.3) is 0 Å². The van der Waals surface area contributed by atoms with E-state index in [9.17, 15) is 4.79 Å². The molecule has 3 rings (SSSR count). The van der Waals surface area contributed by atoms with Crippen LogP contribution in [-0.2, 0) is 9.53 Å². The summed E-state index contributed by atoms with van der Waals surface area (Å²) < 4.78 is 5.15. The first-order valence-corrected chi connectivity index (χ1v) is 7.10. The summed E-state index contributed by atoms with van der Waals surface area (Å²) >= 11 is 1.50. The van der Waals surface area contributed by atoms with Crippen molar-refractivity contribution >= 4 is 17.7 Å². The van der Waals surface area contributed by atoms with Crippen molar-refractivity contribution in [3.8, 4) is 11.4 Å². The zero-order valence-corrected chi connectivity index (χ0v) is 11.0. The normalized spacial score (nSPS) is 18.5. The number of hydrogen-bond acceptors (Lipinski definition) is 5. The number of hydrogen-bond donors (Lipinski definition) is 1. The van der Waals surface area contributed by atoms with Gasteiger partial charge < -0.3 is 4.74 Å². The van der Waals surface area contributed by atoms with Gasteiger partial charge in [0.15, 0.2) is 5.82 Å². The van der Waals surface area contributed by atoms with E-state index in [1.165, 1.54) is 11.8 Å². The van der Waals surface area contributed by atoms with Crippen LogP contribution in [0.3, 0.4) is 0 Å². The van der Waals surface area contributed by atoms with Crippen LogP contribution in [0.4, 0.5) is 0 Å². The largest absolute Gasteiger partial charge is 0.461 e. The minimum atomic E-state index is -0.106. The van der Waals surface area contributed by atoms with Crippen molar-refractivity contribution in [1.29, 1.82) is 0 Å². The van der Waals surface area contributed by atoms with E-state index in [1.54, 1.807) is 0 Å². The molecule has 0 saturated carbocycles. The topological polar surface area (TPSA) is 67.9 Å². The summed E-state index contributed by atoms with van der Waals surface area (Å²) in [5.41, 5.74) is 1.01. The highest BCUT2D eigenvalue weighted by Crippen LogP contribution is 2.23. The Bertz CT molecular complexity index is 570. The van der Waals surface area contributed by atoms with E-state index in [0.717, 1.165) is 17.8 Å². The fourth-order valence-electron chi connectivity index (χ4n) is 1.90. The molecule has 19 heavy (non-hydrogen) atoms. The Kier molecular flexibility index (Phi) is 3.50. The highest BCUT2D eigenvalue weighted by Gasteiger charge is 2.23. The number of cyclic esters (lactones) is 1. The minimum Gasteiger partial charge on any atom is -0.461 e. The molecule has 5 nitrogen and oxygen atoms in total. The zero-order valence-electron chi connectivity index (χ0n) is 10.2. The van der Waals surface area contributed by atoms with Crippen LogP contribution in [0.15, 0.2) is 35.5 Å². The first kappa shape index (κ1) is 12.2. The smallest absolute Gasteiger partial charge is 0.306 e. The Hall–Kier alpha value is -1.82. The molecular formula is C13H13N3O2S. The van der Waals surface area contributed by atoms with Crippen LogP contribution >= 0.6 is 11.8 Å². The van der Waals surface area contributed by atoms with Crippen LogP contribution in [0.2, 0.25) is 0 Å². The number of aromatic amines is 1. The van der Waals surface area contributed by atoms with Gasteiger partial charge in [-0.3, -0.25) is 9.89 Å². The number of H-pyrrole nitrogens is 1. The predicted molar refractivity (Wildman–Crippen MR) is 71.7 cm³/mol. The maximum Gasteiger partial charge on any atom is 0.306 e. The predicted octanol–water partition coefficient (Wildman–Crippen LogP) is 2.27. The number of rotatable bonds is 4. The van der Waals surface area contributed by atoms with Crippen LogP contribution in [0, 0.1) is 0 Å². The van der Waals surface area contributed by atoms with Crippen molar-refractivity contribution in [2.45, 2.75) is 24.1 Å². The third-order valence-corrected chi connectivity index (χ3v) is 3.86. The van der Waals surface area contributed by atoms with Crippen LogP contribution < -0.4 is 0 Å². The fraction of sp³-hybridized carbons (Fsp3) is 0.308. The molecule has 98 valence electrons. The zero-order chi connectivity index (χ0) is 13.1. The lowest BCUT2D eigenvalue weighted by molar-refractivity contribution is -0.140. The molecule has 0 radical (unpaired) electrons. The van der Waals surface area contributed by atoms with E-state index < -0.39 is 0 Å². The summed E-state index contributed by atoms with van der Waals surface area (Å²) in [6.45, 7) is 0. The lowest BCUT2D eigenvalue weighted by Gasteiger charge is -2.05. The standard InChI is InChI=1S/C13H13N3O2S/c17-11-7-6-10(18-11)8-19-13-14-12(15-16-13)9-4-2-1-3-5-9/h1-5,10H,6-8H2,(H,14,15,16). The van der Waals surface area contributed by atoms with Gasteiger partial charge in [-0.15, -0.1) is 5.10 Å². The maximum absolute atomic E-state index is 11.0. The number of aromatic nitrogens is 3. The molecule has 0 bridgehead atoms. The van der Waals surface area contributed by atoms with E-state index in [4.69, 9.17) is 4.74 Å². The molecule has 6 heteroatoms. The molecule has 1 atom stereocenters. The quantitative estimate of drug-likeness (QED) is 0.685. The number of benzene rings is 1. The van der Waals surface area contributed by atoms with Gasteiger partial charge in [-0.05, 0) is 6.42 Å². The highest BCUT2D eigenvalue weighted by atomic mass is 32.2. The van der Waals surface area contributed by atoms with Crippen molar-refractivity contribution in [3.05, 3.63) is 30.3 Å². The van der Waals surface area contributed by atoms with Gasteiger partial charge in [-0.25, -0.2) is 4.98 Å². The third-order valence-electron chi connectivity index (χ3n) is 2.88. The average Bonchev–Trinajstić information content (AvgIpc) is 3.06. The van der Waals surface area contributed by atoms with Crippen molar-refractivity contribution < 1.29 is 9.53 Å². The maximum atomic E-state index is 11.0. The molecule has 1 N–H and O–H groups in total. The fourth-order valence-corrected chi connectivity index (χ4v) is 2.74. The molecule has 1 aliphatic rings. The summed E-state index contributed by atoms with van der Waals surface area (Å²) in [5, 5.41) is 7.76. The molecule has 1 unspecified atom stereocenters. The Labute approximate surface area is 114 Å². The second kappa shape index (κ2) is 5.44. The monoisotopic (exact) mass is 275 g/mol. The lowest BCUT2D eigenvalue weighted by Crippen LogP contribution is -2.09. The van der Waals surface area contributed by atoms with E-state index in [1.807, 2.05) is 30.3 Å². The van der Waals surface area contributed by atoms with Gasteiger partial charge in [0, 0.05) is 17.7 Å². The molecule has 1 aromatic heterocycles. The van der Waals surface area contributed by atoms with Crippen LogP contribution in [0.25, 0.3) is 11.4 Å². The number of nitrogens with zero attached hydrogens (tertiary/aromatic N) is 2. The summed E-state index contributed by atoms with van der Waals surface area (Å²) in [7, 11) is 0. The molecule has 0 aliphatic carbocycles. The average molecular weight is 275 g/mol. The SMILES string of the molecule is O=C1CCC(CSc2n[nH]c(-c3ccccc3)n2)O1. The summed E-state index contributed by atoms with van der Waals surface area (Å²) in [4.78, 5) is 15.4. The third kappa shape index (κ3) is 2.96. The number of thioether (sulfide) groups is 1. The highest BCUT2D eigenvalue weighted by molar-refractivity contribution is 7.99. The van der Waals surface area contributed by atoms with Gasteiger partial charge in [0.1, 0.15) is 6.10 Å². The molecule has 1 saturated heterocycles. The van der Waals surface area contributed by atoms with E-state index in [0.29, 0.717) is 17.3 Å². The van der Waals surface area contributed by atoms with Crippen LogP contribution in [-0.4, -0.2) is 33.0 Å². The molecular weight excluding hydrogens is 262 g/mol. The molecule has 1 aromatic carbocycles. The molecule has 1 aliphatic heterocycles. The van der Waals surface area contributed by atoms with Gasteiger partial charge in [-0.1, -0.05) is 42.1 Å². The Morgan fingerprint density at radius 3 is 2.95 bits per heavy atom. The molecule has 2 heterocycles. The van der Waals surface area contributed by atoms with Crippen molar-refractivity contribution in [3.63, 3.8) is 0 Å². The van der Waals surface area contributed by atoms with Crippen molar-refractivity contribution in [2.24, 2.45) is 0 Å². The summed E-state index contributed by atoms with van der Waals surface area (Å²) in [5.74, 6) is 1.36. The number of esters is 1. The summed E-state index contributed by atoms with van der Waals surface area (Å²) in [6.07, 6.45) is 1.31. The molecule has 0 spiro atoms. The lowest BCUT2D eigenvalue weighted by atomic mass is 10.2. The Balaban J connectivity index is 1.61. The van der Waals surface area contributed by atoms with Gasteiger partial charge in [0.05, 0.1) is 0 Å². The number of nitrogens with one attached hydrogen (secondary N) is 1. The van der Waals surface area contributed by atoms with Gasteiger partial charge >= 0.3 is 5.97 Å². The van der Waals surface area contributed by atoms with E-state index in [2.05, 4.69) is 15.2 Å². The second-order valence-corrected chi connectivity index (χ2v) is 5.28. The van der Waals surface area contributed by atoms with Crippen molar-refractivity contribution in [1.82, 2.24) is 15.2 Å². The number of carbonyl (C=O) groups excluding carboxylic acids is 1. The van der Waals surface area contributed by atoms with Gasteiger partial charge in [0.2, 0.25) is 5.16 Å². The Morgan fingerprint density at radius 2 is 2.21 bits per heavy atom. The minimum absolute atomic E-state index is 0.00354. The number of carbonyl (C=O) groups is 1. The number of ether oxygens (including phenoxy) is 1.